The molecule has 0 radical (unpaired) electrons. The fourth-order valence-corrected chi connectivity index (χ4v) is 7.40. The third-order valence-electron chi connectivity index (χ3n) is 7.87. The van der Waals surface area contributed by atoms with E-state index in [-0.39, 0.29) is 47.5 Å². The monoisotopic (exact) mass is 636 g/mol. The van der Waals surface area contributed by atoms with Gasteiger partial charge in [-0.2, -0.15) is 10.1 Å². The number of carbonyl (C=O) groups excluding carboxylic acids is 2. The summed E-state index contributed by atoms with van der Waals surface area (Å²) in [7, 11) is 0. The van der Waals surface area contributed by atoms with Crippen LogP contribution in [-0.4, -0.2) is 29.6 Å². The summed E-state index contributed by atoms with van der Waals surface area (Å²) in [4.78, 5) is 26.4. The number of fused-ring (bicyclic) bond motifs is 3. The zero-order chi connectivity index (χ0) is 25.2. The Kier molecular flexibility index (Phi) is 6.08. The molecule has 4 atom stereocenters. The Labute approximate surface area is 232 Å². The highest BCUT2D eigenvalue weighted by atomic mass is 127. The van der Waals surface area contributed by atoms with Gasteiger partial charge in [0.05, 0.1) is 28.2 Å². The predicted molar refractivity (Wildman–Crippen MR) is 145 cm³/mol. The maximum absolute atomic E-state index is 13.2. The summed E-state index contributed by atoms with van der Waals surface area (Å²) in [6, 6.07) is 8.94. The molecule has 1 spiro atoms. The van der Waals surface area contributed by atoms with E-state index in [1.165, 1.54) is 0 Å². The molecule has 2 bridgehead atoms. The van der Waals surface area contributed by atoms with Crippen LogP contribution in [0, 0.1) is 32.7 Å². The molecule has 3 fully saturated rings. The maximum atomic E-state index is 13.2. The Morgan fingerprint density at radius 2 is 1.78 bits per heavy atom. The number of benzene rings is 2. The lowest BCUT2D eigenvalue weighted by Crippen LogP contribution is -2.30. The lowest BCUT2D eigenvalue weighted by molar-refractivity contribution is -0.141. The zero-order valence-electron chi connectivity index (χ0n) is 19.4. The number of hydrogen-bond donors (Lipinski definition) is 0. The van der Waals surface area contributed by atoms with Gasteiger partial charge in [-0.1, -0.05) is 41.4 Å². The highest BCUT2D eigenvalue weighted by Gasteiger charge is 2.73. The fourth-order valence-electron chi connectivity index (χ4n) is 6.16. The normalized spacial score (nSPS) is 26.9. The first-order chi connectivity index (χ1) is 17.3. The van der Waals surface area contributed by atoms with Gasteiger partial charge in [0.25, 0.3) is 11.8 Å². The fraction of sp³-hybridized carbons (Fsp3) is 0.370. The topological polar surface area (TPSA) is 68.2 Å². The van der Waals surface area contributed by atoms with E-state index in [1.807, 2.05) is 19.1 Å². The van der Waals surface area contributed by atoms with Crippen LogP contribution < -0.4 is 9.47 Å². The molecule has 6 nitrogen and oxygen atoms in total. The quantitative estimate of drug-likeness (QED) is 0.159. The van der Waals surface area contributed by atoms with Crippen molar-refractivity contribution in [3.63, 3.8) is 0 Å². The van der Waals surface area contributed by atoms with Gasteiger partial charge >= 0.3 is 0 Å². The second-order valence-electron chi connectivity index (χ2n) is 9.74. The number of allylic oxidation sites excluding steroid dienone is 2. The second kappa shape index (κ2) is 9.03. The molecule has 0 aromatic heterocycles. The molecular formula is C27H23Cl2IN2O4. The van der Waals surface area contributed by atoms with Gasteiger partial charge < -0.3 is 9.47 Å². The average molecular weight is 637 g/mol. The molecule has 6 rings (SSSR count). The molecule has 0 N–H and O–H groups in total. The summed E-state index contributed by atoms with van der Waals surface area (Å²) < 4.78 is 12.7. The van der Waals surface area contributed by atoms with E-state index in [2.05, 4.69) is 39.8 Å². The van der Waals surface area contributed by atoms with Crippen LogP contribution in [0.5, 0.6) is 11.5 Å². The summed E-state index contributed by atoms with van der Waals surface area (Å²) >= 11 is 14.5. The summed E-state index contributed by atoms with van der Waals surface area (Å²) in [5, 5.41) is 6.51. The van der Waals surface area contributed by atoms with Crippen LogP contribution in [0.1, 0.15) is 30.9 Å². The third-order valence-corrected chi connectivity index (χ3v) is 9.26. The molecule has 2 saturated carbocycles. The Hall–Kier alpha value is -2.10. The van der Waals surface area contributed by atoms with Gasteiger partial charge in [0.2, 0.25) is 0 Å². The largest absolute Gasteiger partial charge is 0.490 e. The van der Waals surface area contributed by atoms with E-state index in [1.54, 1.807) is 24.4 Å². The molecule has 2 aromatic carbocycles. The van der Waals surface area contributed by atoms with Crippen molar-refractivity contribution < 1.29 is 19.1 Å². The van der Waals surface area contributed by atoms with Crippen molar-refractivity contribution in [2.75, 3.05) is 6.61 Å². The number of carbonyl (C=O) groups is 2. The minimum atomic E-state index is -0.262. The van der Waals surface area contributed by atoms with Gasteiger partial charge in [-0.25, -0.2) is 0 Å². The summed E-state index contributed by atoms with van der Waals surface area (Å²) in [5.74, 6) is 0.613. The van der Waals surface area contributed by atoms with E-state index in [0.29, 0.717) is 33.7 Å². The van der Waals surface area contributed by atoms with E-state index in [9.17, 15) is 9.59 Å². The third kappa shape index (κ3) is 3.77. The molecule has 1 saturated heterocycles. The molecule has 186 valence electrons. The number of hydrogen-bond acceptors (Lipinski definition) is 5. The molecule has 1 heterocycles. The van der Waals surface area contributed by atoms with E-state index < -0.39 is 0 Å². The molecule has 36 heavy (non-hydrogen) atoms. The summed E-state index contributed by atoms with van der Waals surface area (Å²) in [6.45, 7) is 2.58. The first kappa shape index (κ1) is 24.2. The van der Waals surface area contributed by atoms with Crippen LogP contribution in [0.2, 0.25) is 10.0 Å². The lowest BCUT2D eigenvalue weighted by Gasteiger charge is -2.18. The minimum absolute atomic E-state index is 0.172. The Balaban J connectivity index is 1.21. The van der Waals surface area contributed by atoms with Crippen molar-refractivity contribution in [3.05, 3.63) is 67.2 Å². The number of halogens is 3. The van der Waals surface area contributed by atoms with E-state index in [4.69, 9.17) is 32.7 Å². The lowest BCUT2D eigenvalue weighted by atomic mass is 9.85. The van der Waals surface area contributed by atoms with Crippen LogP contribution in [0.3, 0.4) is 0 Å². The molecule has 9 heteroatoms. The highest BCUT2D eigenvalue weighted by molar-refractivity contribution is 14.1. The SMILES string of the molecule is CCOc1cc(/C=N\N2C(=O)[C@@H]3[C@H](C2=O)[C@H]2C=C[C@H]3C23CC3)cc(I)c1OCc1ccc(Cl)cc1Cl. The number of nitrogens with zero attached hydrogens (tertiary/aromatic N) is 2. The van der Waals surface area contributed by atoms with Gasteiger partial charge in [0, 0.05) is 15.6 Å². The molecule has 2 amide bonds. The molecule has 2 aromatic rings. The van der Waals surface area contributed by atoms with Crippen LogP contribution in [-0.2, 0) is 16.2 Å². The van der Waals surface area contributed by atoms with Crippen LogP contribution >= 0.6 is 45.8 Å². The minimum Gasteiger partial charge on any atom is -0.490 e. The van der Waals surface area contributed by atoms with Gasteiger partial charge in [-0.15, -0.1) is 0 Å². The zero-order valence-corrected chi connectivity index (χ0v) is 23.1. The number of rotatable bonds is 7. The Morgan fingerprint density at radius 3 is 2.39 bits per heavy atom. The highest BCUT2D eigenvalue weighted by Crippen LogP contribution is 2.73. The van der Waals surface area contributed by atoms with Crippen molar-refractivity contribution in [3.8, 4) is 11.5 Å². The Morgan fingerprint density at radius 1 is 1.08 bits per heavy atom. The first-order valence-electron chi connectivity index (χ1n) is 12.0. The van der Waals surface area contributed by atoms with Crippen molar-refractivity contribution in [2.24, 2.45) is 34.2 Å². The maximum Gasteiger partial charge on any atom is 0.254 e. The van der Waals surface area contributed by atoms with Crippen molar-refractivity contribution in [1.82, 2.24) is 5.01 Å². The summed E-state index contributed by atoms with van der Waals surface area (Å²) in [5.41, 5.74) is 1.68. The van der Waals surface area contributed by atoms with Gasteiger partial charge in [-0.05, 0) is 89.4 Å². The molecular weight excluding hydrogens is 614 g/mol. The van der Waals surface area contributed by atoms with Gasteiger partial charge in [0.15, 0.2) is 11.5 Å². The molecule has 1 aliphatic heterocycles. The van der Waals surface area contributed by atoms with Crippen molar-refractivity contribution >= 4 is 63.8 Å². The average Bonchev–Trinajstić information content (AvgIpc) is 3.44. The van der Waals surface area contributed by atoms with Crippen LogP contribution in [0.25, 0.3) is 0 Å². The van der Waals surface area contributed by atoms with E-state index >= 15 is 0 Å². The van der Waals surface area contributed by atoms with Crippen molar-refractivity contribution in [2.45, 2.75) is 26.4 Å². The van der Waals surface area contributed by atoms with Gasteiger partial charge in [-0.3, -0.25) is 9.59 Å². The number of amides is 2. The number of imide groups is 1. The molecule has 4 aliphatic rings. The number of hydrazone groups is 1. The van der Waals surface area contributed by atoms with Gasteiger partial charge in [0.1, 0.15) is 6.61 Å². The second-order valence-corrected chi connectivity index (χ2v) is 11.7. The first-order valence-corrected chi connectivity index (χ1v) is 13.8. The summed E-state index contributed by atoms with van der Waals surface area (Å²) in [6.07, 6.45) is 8.09. The van der Waals surface area contributed by atoms with Crippen LogP contribution in [0.4, 0.5) is 0 Å². The molecule has 0 unspecified atom stereocenters. The van der Waals surface area contributed by atoms with Crippen LogP contribution in [0.15, 0.2) is 47.6 Å². The number of ether oxygens (including phenoxy) is 2. The molecule has 3 aliphatic carbocycles. The van der Waals surface area contributed by atoms with Crippen molar-refractivity contribution in [1.29, 1.82) is 0 Å². The smallest absolute Gasteiger partial charge is 0.254 e. The standard InChI is InChI=1S/C27H23Cl2IN2O4/c1-2-35-21-10-14(9-20(30)24(21)36-13-15-3-4-16(28)11-19(15)29)12-31-32-25(33)22-17-5-6-18(23(22)26(32)34)27(17)7-8-27/h3-6,9-12,17-18,22-23H,2,7-8,13H2,1H3/b31-12-/t17-,18-,22-,23+/m1/s1. The predicted octanol–water partition coefficient (Wildman–Crippen LogP) is 6.11. The Bertz CT molecular complexity index is 1310. The van der Waals surface area contributed by atoms with E-state index in [0.717, 1.165) is 27.0 Å².